The van der Waals surface area contributed by atoms with E-state index in [0.29, 0.717) is 12.0 Å². The number of carbonyl (C=O) groups is 1. The van der Waals surface area contributed by atoms with Crippen LogP contribution in [0, 0.1) is 6.92 Å². The van der Waals surface area contributed by atoms with E-state index in [1.54, 1.807) is 48.5 Å². The van der Waals surface area contributed by atoms with Crippen molar-refractivity contribution in [2.75, 3.05) is 13.6 Å². The number of aryl methyl sites for hydroxylation is 1. The number of rotatable bonds is 8. The maximum atomic E-state index is 12.5. The maximum absolute atomic E-state index is 12.5. The third-order valence-electron chi connectivity index (χ3n) is 3.90. The summed E-state index contributed by atoms with van der Waals surface area (Å²) in [6.07, 6.45) is 0.334. The molecule has 0 saturated heterocycles. The molecule has 8 heteroatoms. The topological polar surface area (TPSA) is 102 Å². The molecule has 2 aromatic carbocycles. The molecule has 0 aliphatic rings. The van der Waals surface area contributed by atoms with Crippen LogP contribution in [0.15, 0.2) is 64.6 Å². The number of nitrogens with two attached hydrogens (primary N) is 1. The number of sulfonamides is 1. The monoisotopic (exact) mass is 389 g/mol. The van der Waals surface area contributed by atoms with Gasteiger partial charge in [-0.15, -0.1) is 0 Å². The fourth-order valence-corrected chi connectivity index (χ4v) is 3.47. The quantitative estimate of drug-likeness (QED) is 0.323. The van der Waals surface area contributed by atoms with Gasteiger partial charge >= 0.3 is 5.97 Å². The number of amidine groups is 1. The van der Waals surface area contributed by atoms with Crippen LogP contribution < -0.4 is 5.73 Å². The highest BCUT2D eigenvalue weighted by Gasteiger charge is 2.20. The molecule has 0 aliphatic carbocycles. The molecule has 0 atom stereocenters. The maximum Gasteiger partial charge on any atom is 0.335 e. The Hall–Kier alpha value is -2.71. The number of hydrogen-bond acceptors (Lipinski definition) is 5. The highest BCUT2D eigenvalue weighted by molar-refractivity contribution is 7.89. The Bertz CT molecular complexity index is 894. The van der Waals surface area contributed by atoms with Crippen molar-refractivity contribution in [1.29, 1.82) is 0 Å². The lowest BCUT2D eigenvalue weighted by atomic mass is 10.2. The molecule has 0 aliphatic heterocycles. The van der Waals surface area contributed by atoms with Gasteiger partial charge in [0.25, 0.3) is 0 Å². The molecule has 0 radical (unpaired) electrons. The van der Waals surface area contributed by atoms with E-state index < -0.39 is 16.0 Å². The lowest BCUT2D eigenvalue weighted by Crippen LogP contribution is -2.28. The van der Waals surface area contributed by atoms with E-state index in [1.807, 2.05) is 13.0 Å². The second-order valence-corrected chi connectivity index (χ2v) is 8.09. The van der Waals surface area contributed by atoms with Crippen molar-refractivity contribution in [3.05, 3.63) is 65.7 Å². The summed E-state index contributed by atoms with van der Waals surface area (Å²) in [7, 11) is -2.10. The van der Waals surface area contributed by atoms with Gasteiger partial charge in [-0.2, -0.15) is 0 Å². The molecule has 0 unspecified atom stereocenters. The first kappa shape index (κ1) is 20.6. The van der Waals surface area contributed by atoms with Crippen LogP contribution in [0.2, 0.25) is 0 Å². The van der Waals surface area contributed by atoms with Crippen molar-refractivity contribution in [3.8, 4) is 0 Å². The molecular formula is C19H23N3O4S. The summed E-state index contributed by atoms with van der Waals surface area (Å²) >= 11 is 0. The summed E-state index contributed by atoms with van der Waals surface area (Å²) in [5.41, 5.74) is 7.37. The van der Waals surface area contributed by atoms with Crippen LogP contribution in [0.5, 0.6) is 0 Å². The number of benzene rings is 2. The van der Waals surface area contributed by atoms with Gasteiger partial charge < -0.3 is 10.6 Å². The number of hydrogen-bond donors (Lipinski definition) is 1. The van der Waals surface area contributed by atoms with Crippen molar-refractivity contribution >= 4 is 21.8 Å². The van der Waals surface area contributed by atoms with Gasteiger partial charge in [-0.25, -0.2) is 17.5 Å². The second-order valence-electron chi connectivity index (χ2n) is 6.05. The van der Waals surface area contributed by atoms with Gasteiger partial charge in [-0.05, 0) is 25.5 Å². The zero-order chi connectivity index (χ0) is 19.9. The van der Waals surface area contributed by atoms with Crippen molar-refractivity contribution in [3.63, 3.8) is 0 Å². The van der Waals surface area contributed by atoms with Crippen LogP contribution in [-0.2, 0) is 19.7 Å². The molecule has 0 bridgehead atoms. The van der Waals surface area contributed by atoms with E-state index in [0.717, 1.165) is 5.56 Å². The first-order valence-corrected chi connectivity index (χ1v) is 9.86. The molecule has 27 heavy (non-hydrogen) atoms. The second kappa shape index (κ2) is 9.29. The molecule has 0 aromatic heterocycles. The van der Waals surface area contributed by atoms with E-state index in [4.69, 9.17) is 10.6 Å². The van der Waals surface area contributed by atoms with Gasteiger partial charge in [-0.1, -0.05) is 53.2 Å². The summed E-state index contributed by atoms with van der Waals surface area (Å²) in [6.45, 7) is 2.07. The fraction of sp³-hybridized carbons (Fsp3) is 0.263. The molecule has 0 spiro atoms. The summed E-state index contributed by atoms with van der Waals surface area (Å²) in [6, 6.07) is 15.5. The van der Waals surface area contributed by atoms with E-state index in [1.165, 1.54) is 11.4 Å². The fourth-order valence-electron chi connectivity index (χ4n) is 2.26. The van der Waals surface area contributed by atoms with Gasteiger partial charge in [0.1, 0.15) is 0 Å². The summed E-state index contributed by atoms with van der Waals surface area (Å²) in [5, 5.41) is 3.61. The lowest BCUT2D eigenvalue weighted by molar-refractivity contribution is -0.143. The molecule has 2 N–H and O–H groups in total. The summed E-state index contributed by atoms with van der Waals surface area (Å²) in [4.78, 5) is 16.8. The number of oxime groups is 1. The third kappa shape index (κ3) is 5.90. The van der Waals surface area contributed by atoms with E-state index in [-0.39, 0.29) is 23.7 Å². The smallest absolute Gasteiger partial charge is 0.335 e. The molecule has 0 heterocycles. The van der Waals surface area contributed by atoms with Gasteiger partial charge in [0, 0.05) is 25.6 Å². The van der Waals surface area contributed by atoms with Gasteiger partial charge in [0.05, 0.1) is 4.90 Å². The highest BCUT2D eigenvalue weighted by atomic mass is 32.2. The average molecular weight is 389 g/mol. The van der Waals surface area contributed by atoms with Crippen LogP contribution in [0.25, 0.3) is 0 Å². The molecule has 7 nitrogen and oxygen atoms in total. The molecule has 144 valence electrons. The largest absolute Gasteiger partial charge is 0.380 e. The van der Waals surface area contributed by atoms with Crippen LogP contribution in [0.1, 0.15) is 24.0 Å². The lowest BCUT2D eigenvalue weighted by Gasteiger charge is -2.16. The molecule has 2 rings (SSSR count). The predicted molar refractivity (Wildman–Crippen MR) is 103 cm³/mol. The van der Waals surface area contributed by atoms with E-state index >= 15 is 0 Å². The number of carbonyl (C=O) groups excluding carboxylic acids is 1. The van der Waals surface area contributed by atoms with Crippen LogP contribution >= 0.6 is 0 Å². The van der Waals surface area contributed by atoms with Crippen LogP contribution in [0.4, 0.5) is 0 Å². The Balaban J connectivity index is 1.83. The van der Waals surface area contributed by atoms with Crippen molar-refractivity contribution in [2.45, 2.75) is 24.7 Å². The normalized spacial score (nSPS) is 12.2. The molecule has 2 aromatic rings. The molecule has 0 saturated carbocycles. The van der Waals surface area contributed by atoms with Crippen molar-refractivity contribution in [1.82, 2.24) is 4.31 Å². The Morgan fingerprint density at radius 1 is 1.11 bits per heavy atom. The van der Waals surface area contributed by atoms with Crippen LogP contribution in [-0.4, -0.2) is 38.1 Å². The average Bonchev–Trinajstić information content (AvgIpc) is 2.67. The van der Waals surface area contributed by atoms with E-state index in [9.17, 15) is 13.2 Å². The third-order valence-corrected chi connectivity index (χ3v) is 5.77. The minimum atomic E-state index is -3.58. The SMILES string of the molecule is Cc1ccc(S(=O)(=O)N(C)CCCC(=O)O/N=C(/N)c2ccccc2)cc1. The van der Waals surface area contributed by atoms with Gasteiger partial charge in [0.15, 0.2) is 5.84 Å². The zero-order valence-electron chi connectivity index (χ0n) is 15.3. The minimum Gasteiger partial charge on any atom is -0.380 e. The number of nitrogens with zero attached hydrogens (tertiary/aromatic N) is 2. The first-order valence-electron chi connectivity index (χ1n) is 8.42. The van der Waals surface area contributed by atoms with Crippen molar-refractivity contribution < 1.29 is 18.0 Å². The highest BCUT2D eigenvalue weighted by Crippen LogP contribution is 2.15. The zero-order valence-corrected chi connectivity index (χ0v) is 16.1. The molecule has 0 fully saturated rings. The minimum absolute atomic E-state index is 0.0271. The predicted octanol–water partition coefficient (Wildman–Crippen LogP) is 2.26. The Kier molecular flexibility index (Phi) is 7.09. The Morgan fingerprint density at radius 3 is 2.37 bits per heavy atom. The standard InChI is InChI=1S/C19H23N3O4S/c1-15-10-12-17(13-11-15)27(24,25)22(2)14-6-9-18(23)26-21-19(20)16-7-4-3-5-8-16/h3-5,7-8,10-13H,6,9,14H2,1-2H3,(H2,20,21). The van der Waals surface area contributed by atoms with Gasteiger partial charge in [-0.3, -0.25) is 0 Å². The Labute approximate surface area is 159 Å². The van der Waals surface area contributed by atoms with Crippen molar-refractivity contribution in [2.24, 2.45) is 10.9 Å². The first-order chi connectivity index (χ1) is 12.8. The van der Waals surface area contributed by atoms with Crippen LogP contribution in [0.3, 0.4) is 0 Å². The molecule has 0 amide bonds. The molecular weight excluding hydrogens is 366 g/mol. The Morgan fingerprint density at radius 2 is 1.74 bits per heavy atom. The summed E-state index contributed by atoms with van der Waals surface area (Å²) in [5.74, 6) is -0.474. The summed E-state index contributed by atoms with van der Waals surface area (Å²) < 4.78 is 26.1. The van der Waals surface area contributed by atoms with E-state index in [2.05, 4.69) is 5.16 Å². The van der Waals surface area contributed by atoms with Gasteiger partial charge in [0.2, 0.25) is 10.0 Å².